The molecule has 0 saturated heterocycles. The summed E-state index contributed by atoms with van der Waals surface area (Å²) in [7, 11) is 0. The molecular weight excluding hydrogens is 424 g/mol. The number of hydrogen-bond acceptors (Lipinski definition) is 4. The van der Waals surface area contributed by atoms with Crippen LogP contribution in [0.15, 0.2) is 52.4 Å². The molecule has 0 atom stereocenters. The van der Waals surface area contributed by atoms with Gasteiger partial charge in [0.25, 0.3) is 5.91 Å². The summed E-state index contributed by atoms with van der Waals surface area (Å²) in [5, 5.41) is 5.39. The molecule has 4 nitrogen and oxygen atoms in total. The highest BCUT2D eigenvalue weighted by molar-refractivity contribution is 9.10. The van der Waals surface area contributed by atoms with Crippen LogP contribution in [0.2, 0.25) is 5.02 Å². The summed E-state index contributed by atoms with van der Waals surface area (Å²) in [6.07, 6.45) is 1.64. The molecule has 0 fully saturated rings. The number of ether oxygens (including phenoxy) is 1. The fraction of sp³-hybridized carbons (Fsp3) is 0.111. The van der Waals surface area contributed by atoms with Crippen LogP contribution in [0.5, 0.6) is 5.75 Å². The molecule has 1 amide bonds. The fourth-order valence-corrected chi connectivity index (χ4v) is 3.22. The van der Waals surface area contributed by atoms with E-state index in [2.05, 4.69) is 26.2 Å². The van der Waals surface area contributed by atoms with E-state index in [9.17, 15) is 4.79 Å². The van der Waals surface area contributed by atoms with E-state index in [0.29, 0.717) is 22.3 Å². The molecule has 3 aromatic rings. The lowest BCUT2D eigenvalue weighted by Crippen LogP contribution is -2.11. The van der Waals surface area contributed by atoms with Crippen molar-refractivity contribution in [3.05, 3.63) is 73.5 Å². The minimum atomic E-state index is -0.187. The maximum atomic E-state index is 12.3. The number of anilines is 1. The van der Waals surface area contributed by atoms with Crippen molar-refractivity contribution in [1.82, 2.24) is 4.98 Å². The number of halogens is 2. The van der Waals surface area contributed by atoms with Gasteiger partial charge in [-0.25, -0.2) is 4.98 Å². The van der Waals surface area contributed by atoms with Gasteiger partial charge in [0, 0.05) is 21.3 Å². The van der Waals surface area contributed by atoms with Crippen LogP contribution in [-0.2, 0) is 6.61 Å². The Labute approximate surface area is 162 Å². The maximum Gasteiger partial charge on any atom is 0.266 e. The summed E-state index contributed by atoms with van der Waals surface area (Å²) < 4.78 is 6.61. The molecule has 0 aliphatic heterocycles. The predicted octanol–water partition coefficient (Wildman–Crippen LogP) is 5.70. The Kier molecular flexibility index (Phi) is 5.73. The maximum absolute atomic E-state index is 12.3. The zero-order valence-electron chi connectivity index (χ0n) is 13.3. The molecule has 0 radical (unpaired) electrons. The topological polar surface area (TPSA) is 51.2 Å². The third-order valence-corrected chi connectivity index (χ3v) is 5.25. The second-order valence-electron chi connectivity index (χ2n) is 5.33. The van der Waals surface area contributed by atoms with Gasteiger partial charge in [0.2, 0.25) is 0 Å². The highest BCUT2D eigenvalue weighted by atomic mass is 79.9. The van der Waals surface area contributed by atoms with Crippen molar-refractivity contribution in [2.24, 2.45) is 0 Å². The Morgan fingerprint density at radius 1 is 1.32 bits per heavy atom. The van der Waals surface area contributed by atoms with E-state index >= 15 is 0 Å². The summed E-state index contributed by atoms with van der Waals surface area (Å²) in [6.45, 7) is 2.32. The molecule has 0 unspecified atom stereocenters. The third kappa shape index (κ3) is 4.81. The van der Waals surface area contributed by atoms with Crippen LogP contribution >= 0.6 is 38.9 Å². The first kappa shape index (κ1) is 17.9. The van der Waals surface area contributed by atoms with E-state index in [1.807, 2.05) is 42.6 Å². The number of nitrogens with one attached hydrogen (secondary N) is 1. The van der Waals surface area contributed by atoms with Gasteiger partial charge in [-0.15, -0.1) is 11.3 Å². The van der Waals surface area contributed by atoms with Crippen molar-refractivity contribution in [2.75, 3.05) is 5.32 Å². The highest BCUT2D eigenvalue weighted by Crippen LogP contribution is 2.23. The first-order valence-electron chi connectivity index (χ1n) is 7.40. The van der Waals surface area contributed by atoms with Crippen LogP contribution in [0.3, 0.4) is 0 Å². The Hall–Kier alpha value is -1.89. The number of thiophene rings is 1. The summed E-state index contributed by atoms with van der Waals surface area (Å²) >= 11 is 10.7. The summed E-state index contributed by atoms with van der Waals surface area (Å²) in [6, 6.07) is 10.9. The van der Waals surface area contributed by atoms with Crippen LogP contribution in [0.25, 0.3) is 0 Å². The van der Waals surface area contributed by atoms with E-state index in [-0.39, 0.29) is 5.91 Å². The van der Waals surface area contributed by atoms with Crippen molar-refractivity contribution >= 4 is 50.6 Å². The number of hydrogen-bond donors (Lipinski definition) is 1. The number of carbonyl (C=O) groups excluding carboxylic acids is 1. The first-order valence-corrected chi connectivity index (χ1v) is 9.45. The molecule has 25 heavy (non-hydrogen) atoms. The Morgan fingerprint density at radius 3 is 2.88 bits per heavy atom. The number of benzene rings is 1. The second-order valence-corrected chi connectivity index (χ2v) is 7.57. The van der Waals surface area contributed by atoms with Crippen LogP contribution < -0.4 is 10.1 Å². The van der Waals surface area contributed by atoms with Gasteiger partial charge in [0.15, 0.2) is 0 Å². The van der Waals surface area contributed by atoms with Crippen molar-refractivity contribution in [3.8, 4) is 5.75 Å². The summed E-state index contributed by atoms with van der Waals surface area (Å²) in [4.78, 5) is 17.0. The molecular formula is C18H14BrClN2O2S. The smallest absolute Gasteiger partial charge is 0.266 e. The van der Waals surface area contributed by atoms with Crippen LogP contribution in [0.4, 0.5) is 5.82 Å². The molecule has 3 rings (SSSR count). The van der Waals surface area contributed by atoms with E-state index in [4.69, 9.17) is 16.3 Å². The van der Waals surface area contributed by atoms with E-state index in [1.165, 1.54) is 11.3 Å². The standard InChI is InChI=1S/C18H14BrClN2O2S/c1-11-6-14(3-4-15(11)20)24-9-12-7-16(25-10-12)18(23)22-17-5-2-13(19)8-21-17/h2-8,10H,9H2,1H3,(H,21,22,23). The highest BCUT2D eigenvalue weighted by Gasteiger charge is 2.11. The van der Waals surface area contributed by atoms with Crippen molar-refractivity contribution < 1.29 is 9.53 Å². The minimum absolute atomic E-state index is 0.187. The normalized spacial score (nSPS) is 10.5. The average molecular weight is 438 g/mol. The summed E-state index contributed by atoms with van der Waals surface area (Å²) in [5.41, 5.74) is 1.90. The molecule has 7 heteroatoms. The molecule has 0 aliphatic carbocycles. The van der Waals surface area contributed by atoms with Gasteiger partial charge in [-0.3, -0.25) is 4.79 Å². The van der Waals surface area contributed by atoms with Crippen molar-refractivity contribution in [2.45, 2.75) is 13.5 Å². The Bertz CT molecular complexity index is 896. The zero-order chi connectivity index (χ0) is 17.8. The zero-order valence-corrected chi connectivity index (χ0v) is 16.4. The van der Waals surface area contributed by atoms with E-state index in [1.54, 1.807) is 12.3 Å². The quantitative estimate of drug-likeness (QED) is 0.557. The number of nitrogens with zero attached hydrogens (tertiary/aromatic N) is 1. The van der Waals surface area contributed by atoms with Crippen LogP contribution in [-0.4, -0.2) is 10.9 Å². The molecule has 1 aromatic carbocycles. The molecule has 1 N–H and O–H groups in total. The molecule has 0 spiro atoms. The SMILES string of the molecule is Cc1cc(OCc2csc(C(=O)Nc3ccc(Br)cn3)c2)ccc1Cl. The second kappa shape index (κ2) is 7.99. The average Bonchev–Trinajstić information content (AvgIpc) is 3.07. The van der Waals surface area contributed by atoms with Gasteiger partial charge < -0.3 is 10.1 Å². The molecule has 0 saturated carbocycles. The molecule has 2 aromatic heterocycles. The van der Waals surface area contributed by atoms with Gasteiger partial charge in [0.05, 0.1) is 4.88 Å². The van der Waals surface area contributed by atoms with Gasteiger partial charge in [-0.05, 0) is 70.2 Å². The third-order valence-electron chi connectivity index (χ3n) is 3.38. The van der Waals surface area contributed by atoms with Gasteiger partial charge >= 0.3 is 0 Å². The predicted molar refractivity (Wildman–Crippen MR) is 105 cm³/mol. The lowest BCUT2D eigenvalue weighted by atomic mass is 10.2. The van der Waals surface area contributed by atoms with Crippen molar-refractivity contribution in [3.63, 3.8) is 0 Å². The van der Waals surface area contributed by atoms with Gasteiger partial charge in [-0.1, -0.05) is 11.6 Å². The number of rotatable bonds is 5. The number of aromatic nitrogens is 1. The lowest BCUT2D eigenvalue weighted by Gasteiger charge is -2.06. The van der Waals surface area contributed by atoms with Crippen molar-refractivity contribution in [1.29, 1.82) is 0 Å². The first-order chi connectivity index (χ1) is 12.0. The minimum Gasteiger partial charge on any atom is -0.489 e. The van der Waals surface area contributed by atoms with Gasteiger partial charge in [-0.2, -0.15) is 0 Å². The van der Waals surface area contributed by atoms with Gasteiger partial charge in [0.1, 0.15) is 18.2 Å². The molecule has 128 valence electrons. The fourth-order valence-electron chi connectivity index (χ4n) is 2.07. The number of aryl methyl sites for hydroxylation is 1. The lowest BCUT2D eigenvalue weighted by molar-refractivity contribution is 0.103. The largest absolute Gasteiger partial charge is 0.489 e. The van der Waals surface area contributed by atoms with Crippen LogP contribution in [0.1, 0.15) is 20.8 Å². The monoisotopic (exact) mass is 436 g/mol. The number of amides is 1. The molecule has 0 bridgehead atoms. The number of carbonyl (C=O) groups is 1. The number of pyridine rings is 1. The molecule has 2 heterocycles. The van der Waals surface area contributed by atoms with Crippen LogP contribution in [0, 0.1) is 6.92 Å². The molecule has 0 aliphatic rings. The Balaban J connectivity index is 1.60. The van der Waals surface area contributed by atoms with E-state index < -0.39 is 0 Å². The Morgan fingerprint density at radius 2 is 2.16 bits per heavy atom. The summed E-state index contributed by atoms with van der Waals surface area (Å²) in [5.74, 6) is 1.07. The van der Waals surface area contributed by atoms with E-state index in [0.717, 1.165) is 21.3 Å².